The molecule has 0 bridgehead atoms. The monoisotopic (exact) mass is 722 g/mol. The van der Waals surface area contributed by atoms with Crippen LogP contribution in [0.3, 0.4) is 0 Å². The minimum Gasteiger partial charge on any atom is -0.387 e. The van der Waals surface area contributed by atoms with Crippen LogP contribution in [0, 0.1) is 0 Å². The van der Waals surface area contributed by atoms with Crippen LogP contribution in [-0.2, 0) is 45.4 Å². The number of rotatable bonds is 12. The lowest BCUT2D eigenvalue weighted by Crippen LogP contribution is -3.18. The average Bonchev–Trinajstić information content (AvgIpc) is 3.50. The van der Waals surface area contributed by atoms with E-state index >= 15 is 0 Å². The number of aromatic nitrogens is 2. The number of aliphatic hydroxyl groups excluding tert-OH is 4. The third-order valence-corrected chi connectivity index (χ3v) is 10.6. The summed E-state index contributed by atoms with van der Waals surface area (Å²) < 4.78 is 73.3. The van der Waals surface area contributed by atoms with Crippen molar-refractivity contribution in [2.24, 2.45) is 10.7 Å². The minimum atomic E-state index is -5.80. The molecule has 1 aromatic rings. The first-order valence-corrected chi connectivity index (χ1v) is 17.9. The Kier molecular flexibility index (Phi) is 10.6. The largest absolute Gasteiger partial charge is 0.490 e. The van der Waals surface area contributed by atoms with Gasteiger partial charge < -0.3 is 59.3 Å². The Hall–Kier alpha value is -0.920. The molecule has 0 saturated carbocycles. The molecule has 0 aliphatic carbocycles. The number of ether oxygens (including phenoxy) is 2. The van der Waals surface area contributed by atoms with Crippen LogP contribution in [0.1, 0.15) is 18.1 Å². The molecule has 0 amide bonds. The van der Waals surface area contributed by atoms with Gasteiger partial charge in [-0.15, -0.1) is 0 Å². The Morgan fingerprint density at radius 2 is 1.41 bits per heavy atom. The molecular formula is C15H28N5O20P4+. The summed E-state index contributed by atoms with van der Waals surface area (Å²) in [5.41, 5.74) is 6.30. The van der Waals surface area contributed by atoms with E-state index in [1.165, 1.54) is 0 Å². The molecule has 44 heavy (non-hydrogen) atoms. The molecule has 4 heterocycles. The molecule has 12 atom stereocenters. The van der Waals surface area contributed by atoms with Crippen molar-refractivity contribution in [3.05, 3.63) is 12.0 Å². The lowest BCUT2D eigenvalue weighted by atomic mass is 10.1. The summed E-state index contributed by atoms with van der Waals surface area (Å²) in [6.07, 6.45) is -11.5. The number of imidazole rings is 1. The van der Waals surface area contributed by atoms with Crippen LogP contribution in [0.25, 0.3) is 0 Å². The van der Waals surface area contributed by atoms with Crippen molar-refractivity contribution in [2.75, 3.05) is 13.2 Å². The number of nitrogens with two attached hydrogens (primary N) is 1. The van der Waals surface area contributed by atoms with Gasteiger partial charge in [0.15, 0.2) is 36.3 Å². The first-order chi connectivity index (χ1) is 20.1. The van der Waals surface area contributed by atoms with Gasteiger partial charge in [0, 0.05) is 0 Å². The summed E-state index contributed by atoms with van der Waals surface area (Å²) >= 11 is 0. The molecule has 2 saturated heterocycles. The van der Waals surface area contributed by atoms with Gasteiger partial charge in [-0.2, -0.15) is 13.6 Å². The lowest BCUT2D eigenvalue weighted by Gasteiger charge is -2.29. The Balaban J connectivity index is 1.42. The lowest BCUT2D eigenvalue weighted by molar-refractivity contribution is -0.891. The number of phosphoric ester groups is 2. The highest BCUT2D eigenvalue weighted by Crippen LogP contribution is 2.66. The van der Waals surface area contributed by atoms with E-state index in [9.17, 15) is 48.5 Å². The number of hydrogen-bond acceptors (Lipinski definition) is 17. The predicted octanol–water partition coefficient (Wildman–Crippen LogP) is -5.08. The van der Waals surface area contributed by atoms with Gasteiger partial charge in [-0.05, 0) is 0 Å². The zero-order valence-corrected chi connectivity index (χ0v) is 25.1. The van der Waals surface area contributed by atoms with Gasteiger partial charge in [0.1, 0.15) is 30.5 Å². The van der Waals surface area contributed by atoms with Crippen LogP contribution in [0.15, 0.2) is 11.3 Å². The molecule has 4 rings (SSSR count). The van der Waals surface area contributed by atoms with Crippen LogP contribution < -0.4 is 10.6 Å². The fourth-order valence-electron chi connectivity index (χ4n) is 4.43. The standard InChI is InChI=1S/C15H27N5O20P4/c16-12-7-13(18-4-19(12)14-10(23)8(21)5(37-14)1-35-41(25,26)27)20(3-17-7)15-11(24)9(22)6(38-15)2-36-43(31,32)40-44(33,34)39-42(28,29)30/h3-6,8-12,14-15,21-24H,1-2,16H2,(H,31,32)(H,33,34)(H2,25,26,27)(H2,28,29,30)/p+1. The molecule has 29 heteroatoms. The Bertz CT molecular complexity index is 1430. The van der Waals surface area contributed by atoms with Crippen LogP contribution in [0.2, 0.25) is 0 Å². The second-order valence-electron chi connectivity index (χ2n) is 9.39. The molecule has 13 N–H and O–H groups in total. The van der Waals surface area contributed by atoms with Crippen molar-refractivity contribution >= 4 is 43.4 Å². The SMILES string of the molecule is NC1c2ncn(C3OC(COP(=O)(O)OP(=O)(O)OP(=O)(O)O)C(O)C3O)c2N=C[NH+]1C1OC(COP(=O)(O)O)C(O)C1O. The third kappa shape index (κ3) is 8.32. The summed E-state index contributed by atoms with van der Waals surface area (Å²) in [4.78, 5) is 62.2. The molecule has 0 aromatic carbocycles. The van der Waals surface area contributed by atoms with E-state index in [1.54, 1.807) is 0 Å². The Morgan fingerprint density at radius 3 is 2.02 bits per heavy atom. The molecule has 1 aromatic heterocycles. The Labute approximate surface area is 244 Å². The molecule has 25 nitrogen and oxygen atoms in total. The maximum absolute atomic E-state index is 12.0. The van der Waals surface area contributed by atoms with Crippen molar-refractivity contribution in [1.82, 2.24) is 9.55 Å². The number of hydrogen-bond donors (Lipinski definition) is 12. The fraction of sp³-hybridized carbons (Fsp3) is 0.733. The molecular weight excluding hydrogens is 694 g/mol. The van der Waals surface area contributed by atoms with Crippen molar-refractivity contribution in [2.45, 2.75) is 55.2 Å². The van der Waals surface area contributed by atoms with E-state index in [0.29, 0.717) is 0 Å². The normalized spacial score (nSPS) is 37.1. The van der Waals surface area contributed by atoms with Crippen LogP contribution in [0.5, 0.6) is 0 Å². The predicted molar refractivity (Wildman–Crippen MR) is 133 cm³/mol. The number of nitrogens with zero attached hydrogens (tertiary/aromatic N) is 3. The highest BCUT2D eigenvalue weighted by molar-refractivity contribution is 7.66. The van der Waals surface area contributed by atoms with Gasteiger partial charge in [0.05, 0.1) is 19.5 Å². The highest BCUT2D eigenvalue weighted by Gasteiger charge is 2.52. The summed E-state index contributed by atoms with van der Waals surface area (Å²) in [6, 6.07) is 0. The number of fused-ring (bicyclic) bond motifs is 1. The summed E-state index contributed by atoms with van der Waals surface area (Å²) in [7, 11) is -21.9. The maximum atomic E-state index is 12.0. The quantitative estimate of drug-likeness (QED) is 0.0898. The third-order valence-electron chi connectivity index (χ3n) is 6.31. The molecule has 3 aliphatic heterocycles. The van der Waals surface area contributed by atoms with E-state index in [-0.39, 0.29) is 16.4 Å². The second kappa shape index (κ2) is 12.9. The zero-order valence-electron chi connectivity index (χ0n) is 21.5. The number of phosphoric acid groups is 4. The minimum absolute atomic E-state index is 0.0274. The molecule has 252 valence electrons. The van der Waals surface area contributed by atoms with E-state index in [2.05, 4.69) is 27.6 Å². The molecule has 3 aliphatic rings. The zero-order chi connectivity index (χ0) is 33.0. The maximum Gasteiger partial charge on any atom is 0.490 e. The van der Waals surface area contributed by atoms with Gasteiger partial charge in [-0.25, -0.2) is 28.1 Å². The van der Waals surface area contributed by atoms with Gasteiger partial charge in [-0.3, -0.25) is 19.3 Å². The number of quaternary nitrogens is 1. The van der Waals surface area contributed by atoms with Crippen molar-refractivity contribution in [3.63, 3.8) is 0 Å². The van der Waals surface area contributed by atoms with Crippen molar-refractivity contribution in [1.29, 1.82) is 0 Å². The van der Waals surface area contributed by atoms with E-state index in [4.69, 9.17) is 34.8 Å². The molecule has 0 radical (unpaired) electrons. The van der Waals surface area contributed by atoms with Crippen LogP contribution >= 0.6 is 31.3 Å². The van der Waals surface area contributed by atoms with Gasteiger partial charge in [0.2, 0.25) is 6.23 Å². The van der Waals surface area contributed by atoms with E-state index in [1.807, 2.05) is 0 Å². The fourth-order valence-corrected chi connectivity index (χ4v) is 7.80. The van der Waals surface area contributed by atoms with Crippen LogP contribution in [0.4, 0.5) is 5.82 Å². The average molecular weight is 722 g/mol. The highest BCUT2D eigenvalue weighted by atomic mass is 31.3. The van der Waals surface area contributed by atoms with Crippen molar-refractivity contribution < 1.29 is 100 Å². The molecule has 2 fully saturated rings. The second-order valence-corrected chi connectivity index (χ2v) is 15.1. The first kappa shape index (κ1) is 35.9. The number of nitrogens with one attached hydrogen (secondary N) is 1. The van der Waals surface area contributed by atoms with E-state index in [0.717, 1.165) is 17.2 Å². The van der Waals surface area contributed by atoms with Gasteiger partial charge in [-0.1, -0.05) is 0 Å². The number of aliphatic hydroxyl groups is 4. The van der Waals surface area contributed by atoms with Gasteiger partial charge >= 0.3 is 31.3 Å². The first-order valence-electron chi connectivity index (χ1n) is 11.8. The Morgan fingerprint density at radius 1 is 0.818 bits per heavy atom. The molecule has 12 unspecified atom stereocenters. The topological polar surface area (TPSA) is 387 Å². The van der Waals surface area contributed by atoms with Crippen LogP contribution in [-0.4, -0.2) is 122 Å². The smallest absolute Gasteiger partial charge is 0.387 e. The van der Waals surface area contributed by atoms with Gasteiger partial charge in [0.25, 0.3) is 0 Å². The molecule has 0 spiro atoms. The summed E-state index contributed by atoms with van der Waals surface area (Å²) in [5.74, 6) is -0.0274. The number of aliphatic imine (C=N–C) groups is 1. The summed E-state index contributed by atoms with van der Waals surface area (Å²) in [5, 5.41) is 41.7. The summed E-state index contributed by atoms with van der Waals surface area (Å²) in [6.45, 7) is -1.83. The van der Waals surface area contributed by atoms with E-state index < -0.39 is 99.7 Å². The van der Waals surface area contributed by atoms with Crippen molar-refractivity contribution in [3.8, 4) is 0 Å².